The van der Waals surface area contributed by atoms with E-state index in [9.17, 15) is 4.79 Å². The van der Waals surface area contributed by atoms with Gasteiger partial charge in [0.1, 0.15) is 0 Å². The third-order valence-corrected chi connectivity index (χ3v) is 4.85. The SMILES string of the molecule is Cc1ccc2[nH]c(CN3CCC[C@H]3c3cccnc3)cc(=O)c2c1. The highest BCUT2D eigenvalue weighted by molar-refractivity contribution is 5.79. The number of nitrogens with zero attached hydrogens (tertiary/aromatic N) is 2. The van der Waals surface area contributed by atoms with Crippen LogP contribution in [0.1, 0.15) is 35.7 Å². The molecule has 0 aliphatic carbocycles. The summed E-state index contributed by atoms with van der Waals surface area (Å²) in [6.45, 7) is 3.82. The Labute approximate surface area is 141 Å². The Morgan fingerprint density at radius 3 is 3.04 bits per heavy atom. The highest BCUT2D eigenvalue weighted by Crippen LogP contribution is 2.32. The number of aryl methyl sites for hydroxylation is 1. The van der Waals surface area contributed by atoms with Gasteiger partial charge in [-0.1, -0.05) is 17.7 Å². The highest BCUT2D eigenvalue weighted by atomic mass is 16.1. The predicted octanol–water partition coefficient (Wildman–Crippen LogP) is 3.57. The van der Waals surface area contributed by atoms with E-state index in [-0.39, 0.29) is 5.43 Å². The molecule has 0 radical (unpaired) electrons. The fourth-order valence-electron chi connectivity index (χ4n) is 3.69. The number of rotatable bonds is 3. The summed E-state index contributed by atoms with van der Waals surface area (Å²) in [6, 6.07) is 12.3. The molecule has 4 nitrogen and oxygen atoms in total. The van der Waals surface area contributed by atoms with E-state index in [1.54, 1.807) is 6.07 Å². The van der Waals surface area contributed by atoms with Crippen molar-refractivity contribution >= 4 is 10.9 Å². The molecular formula is C20H21N3O. The molecule has 122 valence electrons. The molecule has 4 rings (SSSR count). The van der Waals surface area contributed by atoms with Gasteiger partial charge in [0.05, 0.1) is 0 Å². The molecule has 3 heterocycles. The summed E-state index contributed by atoms with van der Waals surface area (Å²) in [5.41, 5.74) is 4.36. The topological polar surface area (TPSA) is 49.0 Å². The molecule has 0 spiro atoms. The number of hydrogen-bond acceptors (Lipinski definition) is 3. The molecule has 1 N–H and O–H groups in total. The van der Waals surface area contributed by atoms with E-state index in [0.29, 0.717) is 6.04 Å². The third-order valence-electron chi connectivity index (χ3n) is 4.85. The first-order valence-electron chi connectivity index (χ1n) is 8.47. The smallest absolute Gasteiger partial charge is 0.189 e. The second-order valence-corrected chi connectivity index (χ2v) is 6.62. The number of fused-ring (bicyclic) bond motifs is 1. The molecular weight excluding hydrogens is 298 g/mol. The lowest BCUT2D eigenvalue weighted by molar-refractivity contribution is 0.245. The van der Waals surface area contributed by atoms with Crippen LogP contribution in [0, 0.1) is 6.92 Å². The molecule has 4 heteroatoms. The molecule has 1 aliphatic heterocycles. The van der Waals surface area contributed by atoms with Gasteiger partial charge in [-0.2, -0.15) is 0 Å². The van der Waals surface area contributed by atoms with Gasteiger partial charge in [-0.25, -0.2) is 0 Å². The number of likely N-dealkylation sites (tertiary alicyclic amines) is 1. The summed E-state index contributed by atoms with van der Waals surface area (Å²) in [5.74, 6) is 0. The second kappa shape index (κ2) is 6.21. The van der Waals surface area contributed by atoms with E-state index in [4.69, 9.17) is 0 Å². The molecule has 1 aromatic carbocycles. The summed E-state index contributed by atoms with van der Waals surface area (Å²) in [5, 5.41) is 0.768. The summed E-state index contributed by atoms with van der Waals surface area (Å²) in [7, 11) is 0. The Hall–Kier alpha value is -2.46. The largest absolute Gasteiger partial charge is 0.357 e. The zero-order chi connectivity index (χ0) is 16.5. The molecule has 1 saturated heterocycles. The van der Waals surface area contributed by atoms with Crippen molar-refractivity contribution in [2.24, 2.45) is 0 Å². The molecule has 0 saturated carbocycles. The third kappa shape index (κ3) is 2.85. The first-order valence-corrected chi connectivity index (χ1v) is 8.47. The maximum Gasteiger partial charge on any atom is 0.189 e. The maximum atomic E-state index is 12.4. The van der Waals surface area contributed by atoms with E-state index in [2.05, 4.69) is 20.9 Å². The fraction of sp³-hybridized carbons (Fsp3) is 0.300. The summed E-state index contributed by atoms with van der Waals surface area (Å²) < 4.78 is 0. The van der Waals surface area contributed by atoms with Crippen LogP contribution in [0.2, 0.25) is 0 Å². The van der Waals surface area contributed by atoms with E-state index in [0.717, 1.165) is 41.7 Å². The minimum Gasteiger partial charge on any atom is -0.357 e. The maximum absolute atomic E-state index is 12.4. The number of benzene rings is 1. The molecule has 1 fully saturated rings. The minimum absolute atomic E-state index is 0.0968. The summed E-state index contributed by atoms with van der Waals surface area (Å²) in [4.78, 5) is 22.5. The van der Waals surface area contributed by atoms with E-state index in [1.165, 1.54) is 12.0 Å². The Balaban J connectivity index is 1.64. The molecule has 24 heavy (non-hydrogen) atoms. The quantitative estimate of drug-likeness (QED) is 0.803. The number of nitrogens with one attached hydrogen (secondary N) is 1. The van der Waals surface area contributed by atoms with Crippen LogP contribution in [0.3, 0.4) is 0 Å². The first kappa shape index (κ1) is 15.1. The minimum atomic E-state index is 0.0968. The Bertz CT molecular complexity index is 917. The molecule has 0 bridgehead atoms. The fourth-order valence-corrected chi connectivity index (χ4v) is 3.69. The van der Waals surface area contributed by atoms with Crippen molar-refractivity contribution in [1.29, 1.82) is 0 Å². The van der Waals surface area contributed by atoms with Crippen LogP contribution < -0.4 is 5.43 Å². The average Bonchev–Trinajstić information content (AvgIpc) is 3.04. The first-order chi connectivity index (χ1) is 11.7. The van der Waals surface area contributed by atoms with Crippen LogP contribution in [0.5, 0.6) is 0 Å². The lowest BCUT2D eigenvalue weighted by atomic mass is 10.1. The second-order valence-electron chi connectivity index (χ2n) is 6.62. The number of pyridine rings is 2. The van der Waals surface area contributed by atoms with Gasteiger partial charge in [0.15, 0.2) is 5.43 Å². The number of aromatic nitrogens is 2. The molecule has 1 aliphatic rings. The number of hydrogen-bond donors (Lipinski definition) is 1. The van der Waals surface area contributed by atoms with Crippen LogP contribution in [-0.2, 0) is 6.54 Å². The molecule has 1 atom stereocenters. The lowest BCUT2D eigenvalue weighted by Gasteiger charge is -2.24. The van der Waals surface area contributed by atoms with Gasteiger partial charge < -0.3 is 4.98 Å². The van der Waals surface area contributed by atoms with E-state index >= 15 is 0 Å². The molecule has 0 unspecified atom stereocenters. The Morgan fingerprint density at radius 2 is 2.21 bits per heavy atom. The molecule has 0 amide bonds. The number of H-pyrrole nitrogens is 1. The lowest BCUT2D eigenvalue weighted by Crippen LogP contribution is -2.24. The summed E-state index contributed by atoms with van der Waals surface area (Å²) in [6.07, 6.45) is 6.08. The highest BCUT2D eigenvalue weighted by Gasteiger charge is 2.26. The molecule has 3 aromatic rings. The van der Waals surface area contributed by atoms with Crippen molar-refractivity contribution in [3.8, 4) is 0 Å². The molecule has 2 aromatic heterocycles. The van der Waals surface area contributed by atoms with Crippen LogP contribution >= 0.6 is 0 Å². The van der Waals surface area contributed by atoms with Crippen LogP contribution in [0.4, 0.5) is 0 Å². The van der Waals surface area contributed by atoms with Crippen molar-refractivity contribution in [2.45, 2.75) is 32.4 Å². The van der Waals surface area contributed by atoms with Gasteiger partial charge in [0.25, 0.3) is 0 Å². The van der Waals surface area contributed by atoms with Gasteiger partial charge in [-0.05, 0) is 50.1 Å². The Morgan fingerprint density at radius 1 is 1.29 bits per heavy atom. The van der Waals surface area contributed by atoms with Gasteiger partial charge in [-0.15, -0.1) is 0 Å². The zero-order valence-electron chi connectivity index (χ0n) is 13.8. The standard InChI is InChI=1S/C20H21N3O/c1-14-6-7-18-17(10-14)20(24)11-16(22-18)13-23-9-3-5-19(23)15-4-2-8-21-12-15/h2,4,6-8,10-12,19H,3,5,9,13H2,1H3,(H,22,24)/t19-/m0/s1. The van der Waals surface area contributed by atoms with Gasteiger partial charge in [0.2, 0.25) is 0 Å². The van der Waals surface area contributed by atoms with Gasteiger partial charge in [0, 0.05) is 47.6 Å². The van der Waals surface area contributed by atoms with Crippen molar-refractivity contribution in [3.05, 3.63) is 75.8 Å². The normalized spacial score (nSPS) is 18.3. The average molecular weight is 319 g/mol. The summed E-state index contributed by atoms with van der Waals surface area (Å²) >= 11 is 0. The van der Waals surface area contributed by atoms with E-state index < -0.39 is 0 Å². The number of aromatic amines is 1. The van der Waals surface area contributed by atoms with E-state index in [1.807, 2.05) is 43.6 Å². The van der Waals surface area contributed by atoms with Gasteiger partial charge in [-0.3, -0.25) is 14.7 Å². The van der Waals surface area contributed by atoms with Crippen molar-refractivity contribution < 1.29 is 0 Å². The van der Waals surface area contributed by atoms with Gasteiger partial charge >= 0.3 is 0 Å². The monoisotopic (exact) mass is 319 g/mol. The van der Waals surface area contributed by atoms with Crippen LogP contribution in [-0.4, -0.2) is 21.4 Å². The Kier molecular flexibility index (Phi) is 3.90. The zero-order valence-corrected chi connectivity index (χ0v) is 13.8. The predicted molar refractivity (Wildman–Crippen MR) is 95.9 cm³/mol. The van der Waals surface area contributed by atoms with Crippen LogP contribution in [0.15, 0.2) is 53.6 Å². The van der Waals surface area contributed by atoms with Crippen LogP contribution in [0.25, 0.3) is 10.9 Å². The van der Waals surface area contributed by atoms with Crippen molar-refractivity contribution in [2.75, 3.05) is 6.54 Å². The van der Waals surface area contributed by atoms with Crippen molar-refractivity contribution in [1.82, 2.24) is 14.9 Å². The van der Waals surface area contributed by atoms with Crippen molar-refractivity contribution in [3.63, 3.8) is 0 Å².